The van der Waals surface area contributed by atoms with Crippen molar-refractivity contribution in [3.63, 3.8) is 0 Å². The lowest BCUT2D eigenvalue weighted by atomic mass is 9.80. The van der Waals surface area contributed by atoms with E-state index in [0.717, 1.165) is 12.8 Å². The van der Waals surface area contributed by atoms with E-state index in [1.807, 2.05) is 27.7 Å². The Bertz CT molecular complexity index is 319. The maximum absolute atomic E-state index is 11.9. The highest BCUT2D eigenvalue weighted by atomic mass is 16.5. The van der Waals surface area contributed by atoms with Crippen LogP contribution in [0, 0.1) is 5.92 Å². The van der Waals surface area contributed by atoms with Gasteiger partial charge in [-0.05, 0) is 40.0 Å². The minimum absolute atomic E-state index is 0.102. The summed E-state index contributed by atoms with van der Waals surface area (Å²) >= 11 is 0. The molecule has 0 spiro atoms. The Hall–Kier alpha value is -0.610. The van der Waals surface area contributed by atoms with E-state index in [1.54, 1.807) is 0 Å². The minimum Gasteiger partial charge on any atom is -0.462 e. The molecular formula is C16H31NO3. The number of rotatable bonds is 5. The van der Waals surface area contributed by atoms with Gasteiger partial charge in [0.2, 0.25) is 0 Å². The molecule has 0 amide bonds. The Balaban J connectivity index is 2.50. The monoisotopic (exact) mass is 285 g/mol. The SMILES string of the molecule is CC(C)CCCC(=O)OC1CC(C)(C)N(O)C(C)(C)C1. The summed E-state index contributed by atoms with van der Waals surface area (Å²) < 4.78 is 5.62. The lowest BCUT2D eigenvalue weighted by Gasteiger charge is -2.50. The van der Waals surface area contributed by atoms with Gasteiger partial charge in [-0.1, -0.05) is 20.3 Å². The van der Waals surface area contributed by atoms with Crippen molar-refractivity contribution >= 4 is 5.97 Å². The smallest absolute Gasteiger partial charge is 0.306 e. The highest BCUT2D eigenvalue weighted by Gasteiger charge is 2.46. The van der Waals surface area contributed by atoms with Crippen molar-refractivity contribution in [2.75, 3.05) is 0 Å². The van der Waals surface area contributed by atoms with Crippen LogP contribution in [0.3, 0.4) is 0 Å². The Morgan fingerprint density at radius 3 is 2.20 bits per heavy atom. The molecule has 1 aliphatic rings. The fourth-order valence-corrected chi connectivity index (χ4v) is 3.16. The maximum Gasteiger partial charge on any atom is 0.306 e. The van der Waals surface area contributed by atoms with Crippen LogP contribution in [0.5, 0.6) is 0 Å². The second-order valence-electron chi connectivity index (χ2n) is 7.74. The standard InChI is InChI=1S/C16H31NO3/c1-12(2)8-7-9-14(18)20-13-10-15(3,4)17(19)16(5,6)11-13/h12-13,19H,7-11H2,1-6H3. The van der Waals surface area contributed by atoms with Crippen molar-refractivity contribution in [3.8, 4) is 0 Å². The quantitative estimate of drug-likeness (QED) is 0.781. The molecule has 1 heterocycles. The molecule has 0 atom stereocenters. The van der Waals surface area contributed by atoms with E-state index in [1.165, 1.54) is 5.06 Å². The number of carbonyl (C=O) groups is 1. The van der Waals surface area contributed by atoms with Gasteiger partial charge in [-0.2, -0.15) is 5.06 Å². The Morgan fingerprint density at radius 2 is 1.75 bits per heavy atom. The molecule has 0 aliphatic carbocycles. The molecule has 4 nitrogen and oxygen atoms in total. The number of carbonyl (C=O) groups excluding carboxylic acids is 1. The van der Waals surface area contributed by atoms with E-state index in [2.05, 4.69) is 13.8 Å². The molecule has 0 saturated carbocycles. The summed E-state index contributed by atoms with van der Waals surface area (Å²) in [4.78, 5) is 11.9. The van der Waals surface area contributed by atoms with Crippen molar-refractivity contribution in [1.82, 2.24) is 5.06 Å². The first kappa shape index (κ1) is 17.4. The molecule has 0 aromatic rings. The van der Waals surface area contributed by atoms with Gasteiger partial charge in [0, 0.05) is 30.3 Å². The van der Waals surface area contributed by atoms with Gasteiger partial charge < -0.3 is 9.94 Å². The van der Waals surface area contributed by atoms with Gasteiger partial charge in [0.05, 0.1) is 0 Å². The van der Waals surface area contributed by atoms with E-state index in [4.69, 9.17) is 4.74 Å². The third-order valence-electron chi connectivity index (χ3n) is 4.06. The van der Waals surface area contributed by atoms with Crippen LogP contribution in [-0.2, 0) is 9.53 Å². The molecule has 1 N–H and O–H groups in total. The predicted octanol–water partition coefficient (Wildman–Crippen LogP) is 3.77. The average Bonchev–Trinajstić information content (AvgIpc) is 2.24. The number of nitrogens with zero attached hydrogens (tertiary/aromatic N) is 1. The van der Waals surface area contributed by atoms with Crippen LogP contribution in [0.1, 0.15) is 73.6 Å². The summed E-state index contributed by atoms with van der Waals surface area (Å²) in [5, 5.41) is 11.6. The van der Waals surface area contributed by atoms with E-state index >= 15 is 0 Å². The molecule has 1 saturated heterocycles. The second kappa shape index (κ2) is 6.44. The lowest BCUT2D eigenvalue weighted by Crippen LogP contribution is -2.60. The molecule has 1 fully saturated rings. The summed E-state index contributed by atoms with van der Waals surface area (Å²) in [7, 11) is 0. The van der Waals surface area contributed by atoms with Crippen LogP contribution >= 0.6 is 0 Å². The van der Waals surface area contributed by atoms with Crippen molar-refractivity contribution in [2.45, 2.75) is 90.8 Å². The van der Waals surface area contributed by atoms with Gasteiger partial charge in [-0.15, -0.1) is 0 Å². The number of piperidine rings is 1. The Labute approximate surface area is 123 Å². The van der Waals surface area contributed by atoms with E-state index in [-0.39, 0.29) is 23.2 Å². The zero-order chi connectivity index (χ0) is 15.6. The molecule has 1 aliphatic heterocycles. The van der Waals surface area contributed by atoms with Crippen LogP contribution < -0.4 is 0 Å². The summed E-state index contributed by atoms with van der Waals surface area (Å²) in [6.45, 7) is 12.2. The zero-order valence-electron chi connectivity index (χ0n) is 13.9. The number of esters is 1. The summed E-state index contributed by atoms with van der Waals surface area (Å²) in [6.07, 6.45) is 3.68. The van der Waals surface area contributed by atoms with E-state index < -0.39 is 0 Å². The highest BCUT2D eigenvalue weighted by Crippen LogP contribution is 2.38. The van der Waals surface area contributed by atoms with E-state index in [9.17, 15) is 10.0 Å². The van der Waals surface area contributed by atoms with E-state index in [0.29, 0.717) is 25.2 Å². The third kappa shape index (κ3) is 4.74. The Kier molecular flexibility index (Phi) is 5.61. The number of hydrogen-bond donors (Lipinski definition) is 1. The number of ether oxygens (including phenoxy) is 1. The van der Waals surface area contributed by atoms with Crippen molar-refractivity contribution in [1.29, 1.82) is 0 Å². The molecule has 118 valence electrons. The van der Waals surface area contributed by atoms with Gasteiger partial charge in [-0.25, -0.2) is 0 Å². The first-order valence-electron chi connectivity index (χ1n) is 7.73. The van der Waals surface area contributed by atoms with Crippen LogP contribution in [-0.4, -0.2) is 33.4 Å². The fraction of sp³-hybridized carbons (Fsp3) is 0.938. The van der Waals surface area contributed by atoms with Crippen LogP contribution in [0.25, 0.3) is 0 Å². The molecular weight excluding hydrogens is 254 g/mol. The summed E-state index contributed by atoms with van der Waals surface area (Å²) in [6, 6.07) is 0. The normalized spacial score (nSPS) is 23.0. The molecule has 0 unspecified atom stereocenters. The van der Waals surface area contributed by atoms with Gasteiger partial charge >= 0.3 is 5.97 Å². The molecule has 0 radical (unpaired) electrons. The van der Waals surface area contributed by atoms with Gasteiger partial charge in [0.15, 0.2) is 0 Å². The zero-order valence-corrected chi connectivity index (χ0v) is 13.9. The molecule has 20 heavy (non-hydrogen) atoms. The first-order valence-corrected chi connectivity index (χ1v) is 7.73. The number of hydroxylamine groups is 2. The third-order valence-corrected chi connectivity index (χ3v) is 4.06. The highest BCUT2D eigenvalue weighted by molar-refractivity contribution is 5.69. The molecule has 0 bridgehead atoms. The fourth-order valence-electron chi connectivity index (χ4n) is 3.16. The predicted molar refractivity (Wildman–Crippen MR) is 79.6 cm³/mol. The van der Waals surface area contributed by atoms with Crippen LogP contribution in [0.2, 0.25) is 0 Å². The lowest BCUT2D eigenvalue weighted by molar-refractivity contribution is -0.259. The molecule has 1 rings (SSSR count). The first-order chi connectivity index (χ1) is 9.04. The van der Waals surface area contributed by atoms with Gasteiger partial charge in [-0.3, -0.25) is 4.79 Å². The van der Waals surface area contributed by atoms with Gasteiger partial charge in [0.25, 0.3) is 0 Å². The largest absolute Gasteiger partial charge is 0.462 e. The summed E-state index contributed by atoms with van der Waals surface area (Å²) in [5.74, 6) is 0.520. The topological polar surface area (TPSA) is 49.8 Å². The number of hydrogen-bond acceptors (Lipinski definition) is 4. The minimum atomic E-state index is -0.370. The molecule has 4 heteroatoms. The molecule has 0 aromatic carbocycles. The van der Waals surface area contributed by atoms with Crippen molar-refractivity contribution in [3.05, 3.63) is 0 Å². The van der Waals surface area contributed by atoms with Crippen LogP contribution in [0.15, 0.2) is 0 Å². The second-order valence-corrected chi connectivity index (χ2v) is 7.74. The summed E-state index contributed by atoms with van der Waals surface area (Å²) in [5.41, 5.74) is -0.741. The van der Waals surface area contributed by atoms with Crippen molar-refractivity contribution in [2.24, 2.45) is 5.92 Å². The van der Waals surface area contributed by atoms with Crippen LogP contribution in [0.4, 0.5) is 0 Å². The van der Waals surface area contributed by atoms with Gasteiger partial charge in [0.1, 0.15) is 6.10 Å². The Morgan fingerprint density at radius 1 is 1.25 bits per heavy atom. The average molecular weight is 285 g/mol. The molecule has 0 aromatic heterocycles. The maximum atomic E-state index is 11.9. The van der Waals surface area contributed by atoms with Crippen molar-refractivity contribution < 1.29 is 14.7 Å².